The molecule has 0 heterocycles. The predicted octanol–water partition coefficient (Wildman–Crippen LogP) is 0.00260. The minimum absolute atomic E-state index is 0.249. The zero-order chi connectivity index (χ0) is 11.0. The van der Waals surface area contributed by atoms with Crippen molar-refractivity contribution in [2.75, 3.05) is 7.05 Å². The Morgan fingerprint density at radius 2 is 2.36 bits per heavy atom. The number of nitrogens with two attached hydrogens (primary N) is 2. The van der Waals surface area contributed by atoms with Gasteiger partial charge in [0.1, 0.15) is 0 Å². The van der Waals surface area contributed by atoms with E-state index in [9.17, 15) is 4.79 Å². The Morgan fingerprint density at radius 3 is 2.79 bits per heavy atom. The molecule has 2 atom stereocenters. The predicted molar refractivity (Wildman–Crippen MR) is 54.6 cm³/mol. The van der Waals surface area contributed by atoms with E-state index in [4.69, 9.17) is 11.6 Å². The smallest absolute Gasteiger partial charge is 0.329 e. The van der Waals surface area contributed by atoms with Crippen molar-refractivity contribution >= 4 is 11.8 Å². The summed E-state index contributed by atoms with van der Waals surface area (Å²) < 4.78 is 0. The summed E-state index contributed by atoms with van der Waals surface area (Å²) in [5.41, 5.74) is 5.74. The fourth-order valence-electron chi connectivity index (χ4n) is 1.09. The molecule has 0 aromatic carbocycles. The number of rotatable bonds is 5. The van der Waals surface area contributed by atoms with E-state index < -0.39 is 11.9 Å². The molecule has 4 N–H and O–H groups in total. The molecule has 0 aromatic rings. The summed E-state index contributed by atoms with van der Waals surface area (Å²) in [4.78, 5) is 19.0. The second-order valence-corrected chi connectivity index (χ2v) is 2.91. The lowest BCUT2D eigenvalue weighted by Crippen LogP contribution is -2.36. The molecule has 14 heavy (non-hydrogen) atoms. The van der Waals surface area contributed by atoms with E-state index in [-0.39, 0.29) is 6.04 Å². The summed E-state index contributed by atoms with van der Waals surface area (Å²) >= 11 is 0. The van der Waals surface area contributed by atoms with Crippen LogP contribution in [0.3, 0.4) is 0 Å². The van der Waals surface area contributed by atoms with Crippen molar-refractivity contribution in [1.82, 2.24) is 0 Å². The normalized spacial score (nSPS) is 13.7. The van der Waals surface area contributed by atoms with E-state index in [2.05, 4.69) is 15.7 Å². The molecule has 5 heteroatoms. The van der Waals surface area contributed by atoms with Gasteiger partial charge in [-0.3, -0.25) is 4.79 Å². The SMILES string of the molecule is CCC(N)C(CC=C=NC)C(=O)ON. The van der Waals surface area contributed by atoms with Gasteiger partial charge in [0.25, 0.3) is 0 Å². The Hall–Kier alpha value is -1.16. The minimum Gasteiger partial charge on any atom is -0.373 e. The number of allylic oxidation sites excluding steroid dienone is 1. The average molecular weight is 199 g/mol. The molecule has 0 aliphatic carbocycles. The van der Waals surface area contributed by atoms with Crippen LogP contribution in [0, 0.1) is 5.92 Å². The van der Waals surface area contributed by atoms with Crippen LogP contribution in [0.15, 0.2) is 11.1 Å². The number of carbonyl (C=O) groups excluding carboxylic acids is 1. The average Bonchev–Trinajstić information content (AvgIpc) is 2.22. The van der Waals surface area contributed by atoms with E-state index in [0.717, 1.165) is 0 Å². The topological polar surface area (TPSA) is 90.7 Å². The molecular weight excluding hydrogens is 182 g/mol. The van der Waals surface area contributed by atoms with Crippen LogP contribution in [0.5, 0.6) is 0 Å². The van der Waals surface area contributed by atoms with E-state index in [0.29, 0.717) is 12.8 Å². The van der Waals surface area contributed by atoms with Gasteiger partial charge in [-0.2, -0.15) is 5.90 Å². The molecule has 0 bridgehead atoms. The van der Waals surface area contributed by atoms with Gasteiger partial charge in [-0.1, -0.05) is 6.92 Å². The Balaban J connectivity index is 4.39. The van der Waals surface area contributed by atoms with Crippen molar-refractivity contribution in [3.05, 3.63) is 6.08 Å². The molecule has 5 nitrogen and oxygen atoms in total. The molecule has 0 fully saturated rings. The van der Waals surface area contributed by atoms with Gasteiger partial charge in [-0.15, -0.1) is 0 Å². The Morgan fingerprint density at radius 1 is 1.71 bits per heavy atom. The van der Waals surface area contributed by atoms with Crippen molar-refractivity contribution in [1.29, 1.82) is 0 Å². The van der Waals surface area contributed by atoms with Gasteiger partial charge in [0.05, 0.1) is 5.92 Å². The molecule has 0 aliphatic rings. The minimum atomic E-state index is -0.492. The first kappa shape index (κ1) is 12.8. The molecule has 0 radical (unpaired) electrons. The molecule has 0 spiro atoms. The fraction of sp³-hybridized carbons (Fsp3) is 0.667. The highest BCUT2D eigenvalue weighted by Crippen LogP contribution is 2.11. The highest BCUT2D eigenvalue weighted by molar-refractivity contribution is 5.73. The van der Waals surface area contributed by atoms with Crippen molar-refractivity contribution in [3.63, 3.8) is 0 Å². The van der Waals surface area contributed by atoms with Gasteiger partial charge >= 0.3 is 5.97 Å². The van der Waals surface area contributed by atoms with Crippen LogP contribution in [0.25, 0.3) is 0 Å². The number of nitrogens with zero attached hydrogens (tertiary/aromatic N) is 1. The van der Waals surface area contributed by atoms with Gasteiger partial charge in [-0.25, -0.2) is 4.99 Å². The summed E-state index contributed by atoms with van der Waals surface area (Å²) in [6.45, 7) is 1.90. The molecule has 2 unspecified atom stereocenters. The summed E-state index contributed by atoms with van der Waals surface area (Å²) in [5, 5.41) is 0. The monoisotopic (exact) mass is 199 g/mol. The molecule has 0 saturated carbocycles. The fourth-order valence-corrected chi connectivity index (χ4v) is 1.09. The zero-order valence-corrected chi connectivity index (χ0v) is 8.56. The van der Waals surface area contributed by atoms with Crippen LogP contribution in [0.2, 0.25) is 0 Å². The van der Waals surface area contributed by atoms with E-state index in [1.807, 2.05) is 6.92 Å². The maximum atomic E-state index is 11.2. The van der Waals surface area contributed by atoms with Crippen LogP contribution in [0.1, 0.15) is 19.8 Å². The Kier molecular flexibility index (Phi) is 6.66. The Labute approximate surface area is 83.8 Å². The third-order valence-corrected chi connectivity index (χ3v) is 2.00. The van der Waals surface area contributed by atoms with Crippen LogP contribution in [-0.2, 0) is 9.63 Å². The van der Waals surface area contributed by atoms with Crippen molar-refractivity contribution in [2.24, 2.45) is 22.5 Å². The second-order valence-electron chi connectivity index (χ2n) is 2.91. The van der Waals surface area contributed by atoms with E-state index in [1.165, 1.54) is 0 Å². The molecule has 0 rings (SSSR count). The zero-order valence-electron chi connectivity index (χ0n) is 8.56. The lowest BCUT2D eigenvalue weighted by Gasteiger charge is -2.17. The summed E-state index contributed by atoms with van der Waals surface area (Å²) in [5.74, 6) is 6.53. The lowest BCUT2D eigenvalue weighted by molar-refractivity contribution is -0.149. The maximum Gasteiger partial charge on any atom is 0.329 e. The molecule has 0 aliphatic heterocycles. The van der Waals surface area contributed by atoms with E-state index in [1.54, 1.807) is 13.1 Å². The summed E-state index contributed by atoms with van der Waals surface area (Å²) in [7, 11) is 1.60. The standard InChI is InChI=1S/C9H17N3O2/c1-3-8(10)7(9(13)14-11)5-4-6-12-2/h4,7-8H,3,5,10-11H2,1-2H3. The van der Waals surface area contributed by atoms with Crippen molar-refractivity contribution in [3.8, 4) is 0 Å². The number of hydrogen-bond acceptors (Lipinski definition) is 5. The van der Waals surface area contributed by atoms with Crippen molar-refractivity contribution < 1.29 is 9.63 Å². The first-order valence-corrected chi connectivity index (χ1v) is 4.49. The third kappa shape index (κ3) is 4.18. The highest BCUT2D eigenvalue weighted by atomic mass is 16.7. The maximum absolute atomic E-state index is 11.2. The van der Waals surface area contributed by atoms with E-state index >= 15 is 0 Å². The van der Waals surface area contributed by atoms with Crippen LogP contribution >= 0.6 is 0 Å². The molecule has 0 saturated heterocycles. The first-order valence-electron chi connectivity index (χ1n) is 4.49. The van der Waals surface area contributed by atoms with Crippen LogP contribution < -0.4 is 11.6 Å². The number of carbonyl (C=O) groups is 1. The third-order valence-electron chi connectivity index (χ3n) is 2.00. The summed E-state index contributed by atoms with van der Waals surface area (Å²) in [6, 6.07) is -0.249. The Bertz CT molecular complexity index is 234. The highest BCUT2D eigenvalue weighted by Gasteiger charge is 2.24. The quantitative estimate of drug-likeness (QED) is 0.481. The van der Waals surface area contributed by atoms with Crippen LogP contribution in [0.4, 0.5) is 0 Å². The summed E-state index contributed by atoms with van der Waals surface area (Å²) in [6.07, 6.45) is 2.79. The first-order chi connectivity index (χ1) is 6.67. The molecular formula is C9H17N3O2. The van der Waals surface area contributed by atoms with Gasteiger partial charge in [-0.05, 0) is 24.8 Å². The van der Waals surface area contributed by atoms with Gasteiger partial charge in [0, 0.05) is 13.1 Å². The number of hydrogen-bond donors (Lipinski definition) is 2. The van der Waals surface area contributed by atoms with Crippen LogP contribution in [-0.4, -0.2) is 24.9 Å². The second kappa shape index (κ2) is 7.26. The number of aliphatic imine (C=N–C) groups is 1. The lowest BCUT2D eigenvalue weighted by atomic mass is 9.95. The van der Waals surface area contributed by atoms with Gasteiger partial charge < -0.3 is 10.6 Å². The molecule has 80 valence electrons. The largest absolute Gasteiger partial charge is 0.373 e. The van der Waals surface area contributed by atoms with Gasteiger partial charge in [0.2, 0.25) is 0 Å². The molecule has 0 aromatic heterocycles. The van der Waals surface area contributed by atoms with Gasteiger partial charge in [0.15, 0.2) is 0 Å². The molecule has 0 amide bonds. The van der Waals surface area contributed by atoms with Crippen molar-refractivity contribution in [2.45, 2.75) is 25.8 Å².